The Balaban J connectivity index is 1.15. The molecule has 0 bridgehead atoms. The quantitative estimate of drug-likeness (QED) is 0.179. The second kappa shape index (κ2) is 11.8. The lowest BCUT2D eigenvalue weighted by molar-refractivity contribution is 0.621. The van der Waals surface area contributed by atoms with Crippen molar-refractivity contribution < 1.29 is 4.42 Å². The van der Waals surface area contributed by atoms with Crippen LogP contribution in [0.25, 0.3) is 104 Å². The molecule has 0 spiro atoms. The van der Waals surface area contributed by atoms with E-state index in [9.17, 15) is 0 Å². The van der Waals surface area contributed by atoms with Crippen LogP contribution in [0.5, 0.6) is 0 Å². The molecule has 11 rings (SSSR count). The molecule has 248 valence electrons. The zero-order valence-corrected chi connectivity index (χ0v) is 29.0. The summed E-state index contributed by atoms with van der Waals surface area (Å²) in [5.41, 5.74) is 8.81. The maximum Gasteiger partial charge on any atom is 0.238 e. The highest BCUT2D eigenvalue weighted by molar-refractivity contribution is 7.26. The smallest absolute Gasteiger partial charge is 0.238 e. The minimum atomic E-state index is 0.568. The summed E-state index contributed by atoms with van der Waals surface area (Å²) in [4.78, 5) is 20.6. The zero-order valence-electron chi connectivity index (χ0n) is 28.1. The first-order valence-electron chi connectivity index (χ1n) is 17.5. The van der Waals surface area contributed by atoms with Gasteiger partial charge in [-0.15, -0.1) is 11.3 Å². The third kappa shape index (κ3) is 4.79. The molecule has 4 heterocycles. The first-order valence-corrected chi connectivity index (χ1v) is 18.3. The average molecular weight is 698 g/mol. The first kappa shape index (κ1) is 29.7. The molecule has 7 aromatic carbocycles. The fourth-order valence-electron chi connectivity index (χ4n) is 7.48. The normalized spacial score (nSPS) is 11.8. The molecule has 0 unspecified atom stereocenters. The van der Waals surface area contributed by atoms with E-state index in [0.29, 0.717) is 23.5 Å². The molecule has 7 heteroatoms. The summed E-state index contributed by atoms with van der Waals surface area (Å²) in [6, 6.07) is 56.3. The highest BCUT2D eigenvalue weighted by atomic mass is 32.1. The molecule has 4 aromatic heterocycles. The lowest BCUT2D eigenvalue weighted by atomic mass is 10.0. The lowest BCUT2D eigenvalue weighted by Gasteiger charge is -2.12. The summed E-state index contributed by atoms with van der Waals surface area (Å²) in [6.07, 6.45) is 0. The fraction of sp³-hybridized carbons (Fsp3) is 0. The van der Waals surface area contributed by atoms with Gasteiger partial charge >= 0.3 is 0 Å². The minimum absolute atomic E-state index is 0.568. The third-order valence-corrected chi connectivity index (χ3v) is 11.1. The molecule has 11 aromatic rings. The minimum Gasteiger partial charge on any atom is -0.436 e. The largest absolute Gasteiger partial charge is 0.436 e. The molecule has 0 fully saturated rings. The maximum absolute atomic E-state index is 6.26. The van der Waals surface area contributed by atoms with Crippen LogP contribution in [0, 0.1) is 0 Å². The van der Waals surface area contributed by atoms with Gasteiger partial charge in [-0.3, -0.25) is 4.57 Å². The standard InChI is InChI=1S/C46H27N5OS/c1-2-12-28(13-3-1)29-24-26-30(27-25-29)43-48-44(50-46(49-43)51-37-20-7-4-14-31(37)32-15-5-8-21-38(32)51)34-17-11-23-40-41(34)33-16-10-18-35(42(33)53-40)45-47-36-19-6-9-22-39(36)52-45/h1-27H. The average Bonchev–Trinajstić information content (AvgIpc) is 3.93. The summed E-state index contributed by atoms with van der Waals surface area (Å²) in [5, 5.41) is 4.50. The molecule has 0 radical (unpaired) electrons. The topological polar surface area (TPSA) is 69.6 Å². The van der Waals surface area contributed by atoms with Crippen LogP contribution in [0.4, 0.5) is 0 Å². The van der Waals surface area contributed by atoms with Crippen molar-refractivity contribution in [3.63, 3.8) is 0 Å². The van der Waals surface area contributed by atoms with Gasteiger partial charge in [-0.05, 0) is 47.5 Å². The SMILES string of the molecule is c1ccc(-c2ccc(-c3nc(-c4cccc5sc6c(-c7nc8ccccc8o7)cccc6c45)nc(-n4c5ccccc5c5ccccc54)n3)cc2)cc1. The Labute approximate surface area is 307 Å². The highest BCUT2D eigenvalue weighted by Gasteiger charge is 2.21. The summed E-state index contributed by atoms with van der Waals surface area (Å²) < 4.78 is 10.7. The van der Waals surface area contributed by atoms with Gasteiger partial charge in [0.25, 0.3) is 0 Å². The van der Waals surface area contributed by atoms with Crippen molar-refractivity contribution in [1.29, 1.82) is 0 Å². The fourth-order valence-corrected chi connectivity index (χ4v) is 8.72. The number of para-hydroxylation sites is 4. The van der Waals surface area contributed by atoms with Crippen molar-refractivity contribution in [1.82, 2.24) is 24.5 Å². The van der Waals surface area contributed by atoms with Crippen molar-refractivity contribution in [2.45, 2.75) is 0 Å². The third-order valence-electron chi connectivity index (χ3n) is 9.94. The number of thiophene rings is 1. The van der Waals surface area contributed by atoms with E-state index < -0.39 is 0 Å². The first-order chi connectivity index (χ1) is 26.3. The Hall–Kier alpha value is -6.96. The molecule has 0 saturated carbocycles. The molecule has 0 aliphatic carbocycles. The number of oxazole rings is 1. The maximum atomic E-state index is 6.26. The van der Waals surface area contributed by atoms with E-state index in [2.05, 4.69) is 138 Å². The molecule has 0 aliphatic rings. The van der Waals surface area contributed by atoms with E-state index in [1.807, 2.05) is 30.3 Å². The van der Waals surface area contributed by atoms with Gasteiger partial charge < -0.3 is 4.42 Å². The van der Waals surface area contributed by atoms with E-state index in [4.69, 9.17) is 24.4 Å². The van der Waals surface area contributed by atoms with Gasteiger partial charge in [0, 0.05) is 42.1 Å². The summed E-state index contributed by atoms with van der Waals surface area (Å²) >= 11 is 1.73. The van der Waals surface area contributed by atoms with Crippen LogP contribution in [0.3, 0.4) is 0 Å². The lowest BCUT2D eigenvalue weighted by Crippen LogP contribution is -2.06. The molecular formula is C46H27N5OS. The number of nitrogens with zero attached hydrogens (tertiary/aromatic N) is 5. The number of benzene rings is 7. The molecule has 0 saturated heterocycles. The van der Waals surface area contributed by atoms with Crippen LogP contribution < -0.4 is 0 Å². The van der Waals surface area contributed by atoms with E-state index in [-0.39, 0.29) is 0 Å². The van der Waals surface area contributed by atoms with Gasteiger partial charge in [0.1, 0.15) is 5.52 Å². The Kier molecular flexibility index (Phi) is 6.62. The number of aromatic nitrogens is 5. The van der Waals surface area contributed by atoms with Crippen molar-refractivity contribution in [3.8, 4) is 51.3 Å². The van der Waals surface area contributed by atoms with E-state index in [1.165, 1.54) is 0 Å². The van der Waals surface area contributed by atoms with Crippen molar-refractivity contribution in [2.75, 3.05) is 0 Å². The second-order valence-corrected chi connectivity index (χ2v) is 14.1. The molecule has 0 aliphatic heterocycles. The molecular weight excluding hydrogens is 671 g/mol. The molecule has 0 atom stereocenters. The highest BCUT2D eigenvalue weighted by Crippen LogP contribution is 2.44. The van der Waals surface area contributed by atoms with Crippen LogP contribution >= 0.6 is 11.3 Å². The molecule has 53 heavy (non-hydrogen) atoms. The summed E-state index contributed by atoms with van der Waals surface area (Å²) in [5.74, 6) is 2.39. The Morgan fingerprint density at radius 3 is 1.87 bits per heavy atom. The Bertz CT molecular complexity index is 3090. The second-order valence-electron chi connectivity index (χ2n) is 13.0. The predicted molar refractivity (Wildman–Crippen MR) is 216 cm³/mol. The van der Waals surface area contributed by atoms with Gasteiger partial charge in [0.2, 0.25) is 11.8 Å². The number of rotatable bonds is 5. The van der Waals surface area contributed by atoms with Gasteiger partial charge in [0.05, 0.1) is 16.6 Å². The van der Waals surface area contributed by atoms with Crippen LogP contribution in [-0.2, 0) is 0 Å². The van der Waals surface area contributed by atoms with Crippen LogP contribution in [0.2, 0.25) is 0 Å². The van der Waals surface area contributed by atoms with Crippen LogP contribution in [0.1, 0.15) is 0 Å². The van der Waals surface area contributed by atoms with Crippen molar-refractivity contribution in [3.05, 3.63) is 164 Å². The van der Waals surface area contributed by atoms with E-state index >= 15 is 0 Å². The summed E-state index contributed by atoms with van der Waals surface area (Å²) in [7, 11) is 0. The number of hydrogen-bond donors (Lipinski definition) is 0. The molecule has 6 nitrogen and oxygen atoms in total. The van der Waals surface area contributed by atoms with Crippen LogP contribution in [0.15, 0.2) is 168 Å². The molecule has 0 N–H and O–H groups in total. The van der Waals surface area contributed by atoms with E-state index in [0.717, 1.165) is 80.9 Å². The predicted octanol–water partition coefficient (Wildman–Crippen LogP) is 12.1. The Morgan fingerprint density at radius 2 is 1.08 bits per heavy atom. The zero-order chi connectivity index (χ0) is 34.9. The monoisotopic (exact) mass is 697 g/mol. The summed E-state index contributed by atoms with van der Waals surface area (Å²) in [6.45, 7) is 0. The number of fused-ring (bicyclic) bond motifs is 7. The Morgan fingerprint density at radius 1 is 0.453 bits per heavy atom. The number of hydrogen-bond acceptors (Lipinski definition) is 6. The van der Waals surface area contributed by atoms with Crippen LogP contribution in [-0.4, -0.2) is 24.5 Å². The van der Waals surface area contributed by atoms with Gasteiger partial charge in [0.15, 0.2) is 17.2 Å². The van der Waals surface area contributed by atoms with E-state index in [1.54, 1.807) is 11.3 Å². The van der Waals surface area contributed by atoms with Crippen molar-refractivity contribution >= 4 is 64.4 Å². The van der Waals surface area contributed by atoms with Gasteiger partial charge in [-0.1, -0.05) is 127 Å². The molecule has 0 amide bonds. The van der Waals surface area contributed by atoms with Gasteiger partial charge in [-0.25, -0.2) is 9.97 Å². The van der Waals surface area contributed by atoms with Gasteiger partial charge in [-0.2, -0.15) is 9.97 Å². The van der Waals surface area contributed by atoms with Crippen molar-refractivity contribution in [2.24, 2.45) is 0 Å².